The lowest BCUT2D eigenvalue weighted by Crippen LogP contribution is -2.34. The average molecular weight is 326 g/mol. The van der Waals surface area contributed by atoms with Crippen LogP contribution < -0.4 is 5.32 Å². The van der Waals surface area contributed by atoms with Crippen LogP contribution in [0.1, 0.15) is 30.4 Å². The highest BCUT2D eigenvalue weighted by Gasteiger charge is 2.58. The zero-order valence-corrected chi connectivity index (χ0v) is 13.1. The maximum atomic E-state index is 12.8. The predicted molar refractivity (Wildman–Crippen MR) is 80.6 cm³/mol. The molecule has 2 fully saturated rings. The highest BCUT2D eigenvalue weighted by Crippen LogP contribution is 2.59. The number of alkyl halides is 3. The fourth-order valence-corrected chi connectivity index (χ4v) is 3.64. The zero-order valence-electron chi connectivity index (χ0n) is 13.1. The second-order valence-corrected chi connectivity index (χ2v) is 6.76. The first-order chi connectivity index (χ1) is 10.8. The molecule has 1 unspecified atom stereocenters. The Kier molecular flexibility index (Phi) is 4.12. The van der Waals surface area contributed by atoms with E-state index in [1.54, 1.807) is 18.0 Å². The lowest BCUT2D eigenvalue weighted by molar-refractivity contribution is -0.137. The maximum absolute atomic E-state index is 12.8. The molecular formula is C17H21F3N2O. The van der Waals surface area contributed by atoms with Gasteiger partial charge < -0.3 is 10.2 Å². The van der Waals surface area contributed by atoms with Gasteiger partial charge in [0.25, 0.3) is 0 Å². The number of amides is 1. The summed E-state index contributed by atoms with van der Waals surface area (Å²) >= 11 is 0. The van der Waals surface area contributed by atoms with Gasteiger partial charge in [0.2, 0.25) is 5.91 Å². The highest BCUT2D eigenvalue weighted by molar-refractivity contribution is 5.82. The van der Waals surface area contributed by atoms with Gasteiger partial charge in [0, 0.05) is 19.5 Å². The average Bonchev–Trinajstić information content (AvgIpc) is 3.19. The molecule has 1 saturated carbocycles. The molecule has 1 saturated heterocycles. The van der Waals surface area contributed by atoms with Gasteiger partial charge in [-0.1, -0.05) is 12.1 Å². The molecule has 0 aromatic heterocycles. The van der Waals surface area contributed by atoms with Crippen molar-refractivity contribution in [3.8, 4) is 0 Å². The Morgan fingerprint density at radius 1 is 1.35 bits per heavy atom. The van der Waals surface area contributed by atoms with Gasteiger partial charge in [-0.3, -0.25) is 4.79 Å². The van der Waals surface area contributed by atoms with Gasteiger partial charge in [-0.05, 0) is 55.5 Å². The number of carbonyl (C=O) groups excluding carboxylic acids is 1. The number of halogens is 3. The van der Waals surface area contributed by atoms with E-state index in [9.17, 15) is 18.0 Å². The Balaban J connectivity index is 1.63. The molecule has 1 amide bonds. The minimum atomic E-state index is -4.35. The Morgan fingerprint density at radius 3 is 2.70 bits per heavy atom. The van der Waals surface area contributed by atoms with Gasteiger partial charge >= 0.3 is 6.18 Å². The van der Waals surface area contributed by atoms with Crippen molar-refractivity contribution >= 4 is 5.91 Å². The molecule has 3 rings (SSSR count). The second kappa shape index (κ2) is 5.82. The third-order valence-corrected chi connectivity index (χ3v) is 5.14. The van der Waals surface area contributed by atoms with Crippen molar-refractivity contribution in [2.45, 2.75) is 32.0 Å². The van der Waals surface area contributed by atoms with Gasteiger partial charge in [-0.2, -0.15) is 13.2 Å². The number of nitrogens with one attached hydrogen (secondary N) is 1. The Morgan fingerprint density at radius 2 is 2.04 bits per heavy atom. The van der Waals surface area contributed by atoms with Crippen molar-refractivity contribution in [2.24, 2.45) is 11.3 Å². The molecule has 1 aromatic rings. The SMILES string of the molecule is CN(Cc1cccc(C(F)(F)F)c1)C(=O)C1CC12CCNCC2. The lowest BCUT2D eigenvalue weighted by atomic mass is 9.91. The highest BCUT2D eigenvalue weighted by atomic mass is 19.4. The van der Waals surface area contributed by atoms with Crippen molar-refractivity contribution in [3.63, 3.8) is 0 Å². The van der Waals surface area contributed by atoms with Gasteiger partial charge in [0.05, 0.1) is 5.56 Å². The molecule has 1 aliphatic carbocycles. The number of nitrogens with zero attached hydrogens (tertiary/aromatic N) is 1. The fourth-order valence-electron chi connectivity index (χ4n) is 3.64. The smallest absolute Gasteiger partial charge is 0.341 e. The van der Waals surface area contributed by atoms with Crippen molar-refractivity contribution in [1.29, 1.82) is 0 Å². The molecule has 2 aliphatic rings. The van der Waals surface area contributed by atoms with Crippen molar-refractivity contribution in [3.05, 3.63) is 35.4 Å². The van der Waals surface area contributed by atoms with Gasteiger partial charge in [-0.25, -0.2) is 0 Å². The lowest BCUT2D eigenvalue weighted by Gasteiger charge is -2.25. The number of carbonyl (C=O) groups is 1. The van der Waals surface area contributed by atoms with Gasteiger partial charge in [0.15, 0.2) is 0 Å². The van der Waals surface area contributed by atoms with Gasteiger partial charge in [-0.15, -0.1) is 0 Å². The van der Waals surface area contributed by atoms with E-state index in [0.29, 0.717) is 5.56 Å². The summed E-state index contributed by atoms with van der Waals surface area (Å²) in [5, 5.41) is 3.30. The molecule has 126 valence electrons. The van der Waals surface area contributed by atoms with Crippen LogP contribution in [-0.4, -0.2) is 30.9 Å². The van der Waals surface area contributed by atoms with Crippen molar-refractivity contribution < 1.29 is 18.0 Å². The van der Waals surface area contributed by atoms with E-state index in [1.165, 1.54) is 6.07 Å². The molecule has 1 aromatic carbocycles. The molecular weight excluding hydrogens is 305 g/mol. The van der Waals surface area contributed by atoms with Crippen molar-refractivity contribution in [1.82, 2.24) is 10.2 Å². The van der Waals surface area contributed by atoms with Crippen LogP contribution in [0, 0.1) is 11.3 Å². The molecule has 0 radical (unpaired) electrons. The third-order valence-electron chi connectivity index (χ3n) is 5.14. The van der Waals surface area contributed by atoms with Crippen LogP contribution in [0.3, 0.4) is 0 Å². The quantitative estimate of drug-likeness (QED) is 0.926. The number of rotatable bonds is 3. The molecule has 23 heavy (non-hydrogen) atoms. The minimum Gasteiger partial charge on any atom is -0.341 e. The zero-order chi connectivity index (χ0) is 16.7. The molecule has 1 heterocycles. The van der Waals surface area contributed by atoms with Crippen molar-refractivity contribution in [2.75, 3.05) is 20.1 Å². The maximum Gasteiger partial charge on any atom is 0.416 e. The first kappa shape index (κ1) is 16.3. The number of hydrogen-bond donors (Lipinski definition) is 1. The van der Waals surface area contributed by atoms with Crippen LogP contribution in [0.15, 0.2) is 24.3 Å². The van der Waals surface area contributed by atoms with E-state index in [-0.39, 0.29) is 23.8 Å². The van der Waals surface area contributed by atoms with Crippen LogP contribution in [0.2, 0.25) is 0 Å². The summed E-state index contributed by atoms with van der Waals surface area (Å²) in [7, 11) is 1.68. The monoisotopic (exact) mass is 326 g/mol. The van der Waals surface area contributed by atoms with Crippen LogP contribution in [0.25, 0.3) is 0 Å². The Labute approximate surface area is 133 Å². The van der Waals surface area contributed by atoms with Crippen LogP contribution in [-0.2, 0) is 17.5 Å². The summed E-state index contributed by atoms with van der Waals surface area (Å²) in [6.07, 6.45) is -1.41. The second-order valence-electron chi connectivity index (χ2n) is 6.76. The van der Waals surface area contributed by atoms with Gasteiger partial charge in [0.1, 0.15) is 0 Å². The Hall–Kier alpha value is -1.56. The summed E-state index contributed by atoms with van der Waals surface area (Å²) in [5.41, 5.74) is -0.0162. The largest absolute Gasteiger partial charge is 0.416 e. The predicted octanol–water partition coefficient (Wildman–Crippen LogP) is 3.05. The van der Waals surface area contributed by atoms with Crippen LogP contribution in [0.4, 0.5) is 13.2 Å². The summed E-state index contributed by atoms with van der Waals surface area (Å²) in [6, 6.07) is 5.20. The molecule has 1 aliphatic heterocycles. The summed E-state index contributed by atoms with van der Waals surface area (Å²) < 4.78 is 38.3. The molecule has 0 bridgehead atoms. The van der Waals surface area contributed by atoms with Crippen LogP contribution in [0.5, 0.6) is 0 Å². The van der Waals surface area contributed by atoms with E-state index in [0.717, 1.165) is 44.5 Å². The fraction of sp³-hybridized carbons (Fsp3) is 0.588. The topological polar surface area (TPSA) is 32.3 Å². The Bertz CT molecular complexity index is 594. The first-order valence-corrected chi connectivity index (χ1v) is 7.94. The normalized spacial score (nSPS) is 22.9. The van der Waals surface area contributed by atoms with E-state index < -0.39 is 11.7 Å². The molecule has 1 spiro atoms. The number of hydrogen-bond acceptors (Lipinski definition) is 2. The van der Waals surface area contributed by atoms with Crippen LogP contribution >= 0.6 is 0 Å². The molecule has 6 heteroatoms. The third kappa shape index (κ3) is 3.37. The molecule has 3 nitrogen and oxygen atoms in total. The standard InChI is InChI=1S/C17H21F3N2O/c1-22(11-12-3-2-4-13(9-12)17(18,19)20)15(23)14-10-16(14)5-7-21-8-6-16/h2-4,9,14,21H,5-8,10-11H2,1H3. The molecule has 1 N–H and O–H groups in total. The van der Waals surface area contributed by atoms with E-state index in [4.69, 9.17) is 0 Å². The summed E-state index contributed by atoms with van der Waals surface area (Å²) in [5.74, 6) is 0.102. The first-order valence-electron chi connectivity index (χ1n) is 7.94. The summed E-state index contributed by atoms with van der Waals surface area (Å²) in [6.45, 7) is 2.11. The number of piperidine rings is 1. The molecule has 1 atom stereocenters. The number of benzene rings is 1. The van der Waals surface area contributed by atoms with E-state index in [1.807, 2.05) is 0 Å². The minimum absolute atomic E-state index is 0.0420. The van der Waals surface area contributed by atoms with E-state index >= 15 is 0 Å². The van der Waals surface area contributed by atoms with E-state index in [2.05, 4.69) is 5.32 Å². The summed E-state index contributed by atoms with van der Waals surface area (Å²) in [4.78, 5) is 14.1.